The zero-order chi connectivity index (χ0) is 25.1. The minimum Gasteiger partial charge on any atom is -0.494 e. The first-order chi connectivity index (χ1) is 15.2. The van der Waals surface area contributed by atoms with Gasteiger partial charge in [0.15, 0.2) is 5.56 Å². The number of hydrogen-bond acceptors (Lipinski definition) is 6. The molecule has 1 aromatic carbocycles. The van der Waals surface area contributed by atoms with Crippen LogP contribution in [0.25, 0.3) is 0 Å². The molecule has 0 fully saturated rings. The SMILES string of the molecule is CCOC(=O)CNC(=O)c1c(O)n(Cc2ccc(C(C)(C)C)cc2)c(=O)n(C(C)(C)C)c1=O. The van der Waals surface area contributed by atoms with Gasteiger partial charge in [-0.3, -0.25) is 23.5 Å². The number of aromatic hydroxyl groups is 1. The molecule has 0 unspecified atom stereocenters. The van der Waals surface area contributed by atoms with Gasteiger partial charge in [0, 0.05) is 5.54 Å². The van der Waals surface area contributed by atoms with Crippen LogP contribution in [-0.4, -0.2) is 39.3 Å². The largest absolute Gasteiger partial charge is 0.494 e. The monoisotopic (exact) mass is 459 g/mol. The molecule has 9 nitrogen and oxygen atoms in total. The Balaban J connectivity index is 2.58. The van der Waals surface area contributed by atoms with Crippen molar-refractivity contribution in [2.45, 2.75) is 66.0 Å². The van der Waals surface area contributed by atoms with E-state index < -0.39 is 46.7 Å². The Hall–Kier alpha value is -3.36. The molecule has 1 aromatic heterocycles. The molecule has 0 saturated carbocycles. The Labute approximate surface area is 193 Å². The van der Waals surface area contributed by atoms with E-state index in [1.54, 1.807) is 27.7 Å². The van der Waals surface area contributed by atoms with Crippen LogP contribution in [0, 0.1) is 0 Å². The number of carbonyl (C=O) groups excluding carboxylic acids is 2. The van der Waals surface area contributed by atoms with E-state index in [9.17, 15) is 24.3 Å². The molecule has 9 heteroatoms. The summed E-state index contributed by atoms with van der Waals surface area (Å²) in [5.74, 6) is -2.42. The molecule has 0 radical (unpaired) electrons. The summed E-state index contributed by atoms with van der Waals surface area (Å²) in [6.07, 6.45) is 0. The minimum absolute atomic E-state index is 0.0520. The summed E-state index contributed by atoms with van der Waals surface area (Å²) in [5.41, 5.74) is -1.51. The van der Waals surface area contributed by atoms with Crippen molar-refractivity contribution in [2.75, 3.05) is 13.2 Å². The summed E-state index contributed by atoms with van der Waals surface area (Å²) in [6, 6.07) is 7.54. The van der Waals surface area contributed by atoms with Crippen molar-refractivity contribution in [3.05, 3.63) is 61.8 Å². The van der Waals surface area contributed by atoms with Crippen molar-refractivity contribution in [2.24, 2.45) is 0 Å². The molecule has 0 aliphatic heterocycles. The van der Waals surface area contributed by atoms with Gasteiger partial charge in [0.05, 0.1) is 13.2 Å². The molecule has 1 amide bonds. The summed E-state index contributed by atoms with van der Waals surface area (Å²) in [4.78, 5) is 50.6. The van der Waals surface area contributed by atoms with Gasteiger partial charge in [0.1, 0.15) is 6.54 Å². The van der Waals surface area contributed by atoms with E-state index in [4.69, 9.17) is 4.74 Å². The predicted octanol–water partition coefficient (Wildman–Crippen LogP) is 2.11. The van der Waals surface area contributed by atoms with Gasteiger partial charge in [0.2, 0.25) is 5.88 Å². The van der Waals surface area contributed by atoms with Crippen LogP contribution in [-0.2, 0) is 27.0 Å². The third kappa shape index (κ3) is 5.91. The summed E-state index contributed by atoms with van der Waals surface area (Å²) in [5, 5.41) is 13.1. The standard InChI is InChI=1S/C24H33N3O6/c1-8-33-17(28)13-25-19(29)18-20(30)26(22(32)27(21(18)31)24(5,6)7)14-15-9-11-16(12-10-15)23(2,3)4/h9-12,30H,8,13-14H2,1-7H3,(H,25,29). The average molecular weight is 460 g/mol. The first kappa shape index (κ1) is 25.9. The number of ether oxygens (including phenoxy) is 1. The van der Waals surface area contributed by atoms with E-state index in [0.29, 0.717) is 5.56 Å². The Morgan fingerprint density at radius 2 is 1.61 bits per heavy atom. The first-order valence-electron chi connectivity index (χ1n) is 10.8. The number of nitrogens with zero attached hydrogens (tertiary/aromatic N) is 2. The van der Waals surface area contributed by atoms with Gasteiger partial charge in [0.25, 0.3) is 11.5 Å². The lowest BCUT2D eigenvalue weighted by Crippen LogP contribution is -2.50. The van der Waals surface area contributed by atoms with Gasteiger partial charge in [-0.05, 0) is 44.2 Å². The van der Waals surface area contributed by atoms with Gasteiger partial charge in [-0.15, -0.1) is 0 Å². The maximum absolute atomic E-state index is 13.2. The van der Waals surface area contributed by atoms with Crippen molar-refractivity contribution in [1.29, 1.82) is 0 Å². The molecular formula is C24H33N3O6. The molecule has 2 rings (SSSR count). The zero-order valence-electron chi connectivity index (χ0n) is 20.3. The van der Waals surface area contributed by atoms with Gasteiger partial charge < -0.3 is 15.2 Å². The Kier molecular flexibility index (Phi) is 7.57. The summed E-state index contributed by atoms with van der Waals surface area (Å²) in [6.45, 7) is 12.4. The van der Waals surface area contributed by atoms with Gasteiger partial charge in [-0.2, -0.15) is 0 Å². The van der Waals surface area contributed by atoms with E-state index in [1.165, 1.54) is 0 Å². The topological polar surface area (TPSA) is 120 Å². The highest BCUT2D eigenvalue weighted by molar-refractivity contribution is 5.97. The fourth-order valence-corrected chi connectivity index (χ4v) is 3.32. The molecule has 1 heterocycles. The quantitative estimate of drug-likeness (QED) is 0.639. The van der Waals surface area contributed by atoms with E-state index in [1.807, 2.05) is 24.3 Å². The zero-order valence-corrected chi connectivity index (χ0v) is 20.3. The molecule has 0 aliphatic rings. The highest BCUT2D eigenvalue weighted by atomic mass is 16.5. The third-order valence-corrected chi connectivity index (χ3v) is 5.08. The van der Waals surface area contributed by atoms with Crippen LogP contribution in [0.15, 0.2) is 33.9 Å². The maximum atomic E-state index is 13.2. The van der Waals surface area contributed by atoms with Crippen LogP contribution in [0.5, 0.6) is 5.88 Å². The second kappa shape index (κ2) is 9.64. The molecule has 0 spiro atoms. The van der Waals surface area contributed by atoms with Crippen LogP contribution in [0.2, 0.25) is 0 Å². The van der Waals surface area contributed by atoms with Gasteiger partial charge in [-0.25, -0.2) is 4.79 Å². The molecule has 33 heavy (non-hydrogen) atoms. The number of carbonyl (C=O) groups is 2. The van der Waals surface area contributed by atoms with Crippen LogP contribution in [0.3, 0.4) is 0 Å². The van der Waals surface area contributed by atoms with E-state index in [2.05, 4.69) is 26.1 Å². The average Bonchev–Trinajstić information content (AvgIpc) is 2.68. The van der Waals surface area contributed by atoms with E-state index in [0.717, 1.165) is 14.7 Å². The van der Waals surface area contributed by atoms with E-state index in [-0.39, 0.29) is 18.6 Å². The Morgan fingerprint density at radius 3 is 2.09 bits per heavy atom. The smallest absolute Gasteiger partial charge is 0.334 e. The minimum atomic E-state index is -0.972. The number of amides is 1. The van der Waals surface area contributed by atoms with E-state index >= 15 is 0 Å². The second-order valence-corrected chi connectivity index (χ2v) is 9.81. The predicted molar refractivity (Wildman–Crippen MR) is 125 cm³/mol. The number of hydrogen-bond donors (Lipinski definition) is 2. The molecule has 0 atom stereocenters. The molecule has 2 aromatic rings. The summed E-state index contributed by atoms with van der Waals surface area (Å²) in [7, 11) is 0. The lowest BCUT2D eigenvalue weighted by Gasteiger charge is -2.24. The Bertz CT molecular complexity index is 1150. The lowest BCUT2D eigenvalue weighted by atomic mass is 9.87. The normalized spacial score (nSPS) is 11.8. The van der Waals surface area contributed by atoms with Crippen LogP contribution in [0.1, 0.15) is 70.0 Å². The Morgan fingerprint density at radius 1 is 1.03 bits per heavy atom. The molecule has 2 N–H and O–H groups in total. The number of rotatable bonds is 6. The summed E-state index contributed by atoms with van der Waals surface area (Å²) >= 11 is 0. The van der Waals surface area contributed by atoms with Crippen LogP contribution >= 0.6 is 0 Å². The third-order valence-electron chi connectivity index (χ3n) is 5.08. The van der Waals surface area contributed by atoms with Crippen molar-refractivity contribution in [1.82, 2.24) is 14.5 Å². The number of nitrogens with one attached hydrogen (secondary N) is 1. The first-order valence-corrected chi connectivity index (χ1v) is 10.8. The van der Waals surface area contributed by atoms with Crippen molar-refractivity contribution < 1.29 is 19.4 Å². The fourth-order valence-electron chi connectivity index (χ4n) is 3.32. The number of aromatic nitrogens is 2. The fraction of sp³-hybridized carbons (Fsp3) is 0.500. The molecule has 0 saturated heterocycles. The van der Waals surface area contributed by atoms with Crippen LogP contribution < -0.4 is 16.6 Å². The highest BCUT2D eigenvalue weighted by Crippen LogP contribution is 2.23. The van der Waals surface area contributed by atoms with Crippen molar-refractivity contribution in [3.8, 4) is 5.88 Å². The molecular weight excluding hydrogens is 426 g/mol. The molecule has 0 aliphatic carbocycles. The lowest BCUT2D eigenvalue weighted by molar-refractivity contribution is -0.141. The maximum Gasteiger partial charge on any atom is 0.334 e. The molecule has 180 valence electrons. The van der Waals surface area contributed by atoms with Gasteiger partial charge in [-0.1, -0.05) is 45.0 Å². The van der Waals surface area contributed by atoms with Crippen molar-refractivity contribution in [3.63, 3.8) is 0 Å². The van der Waals surface area contributed by atoms with Crippen LogP contribution in [0.4, 0.5) is 0 Å². The second-order valence-electron chi connectivity index (χ2n) is 9.81. The van der Waals surface area contributed by atoms with Gasteiger partial charge >= 0.3 is 11.7 Å². The molecule has 0 bridgehead atoms. The highest BCUT2D eigenvalue weighted by Gasteiger charge is 2.29. The van der Waals surface area contributed by atoms with Crippen molar-refractivity contribution >= 4 is 11.9 Å². The number of esters is 1. The summed E-state index contributed by atoms with van der Waals surface area (Å²) < 4.78 is 6.68. The number of benzene rings is 1.